The Bertz CT molecular complexity index is 591. The van der Waals surface area contributed by atoms with Gasteiger partial charge in [0.25, 0.3) is 5.69 Å². The smallest absolute Gasteiger partial charge is 0.324 e. The molecule has 1 heterocycles. The molecule has 3 N–H and O–H groups in total. The average Bonchev–Trinajstić information content (AvgIpc) is 2.76. The monoisotopic (exact) mass is 249 g/mol. The fourth-order valence-corrected chi connectivity index (χ4v) is 1.22. The van der Waals surface area contributed by atoms with Crippen molar-refractivity contribution in [3.63, 3.8) is 0 Å². The number of primary amides is 1. The summed E-state index contributed by atoms with van der Waals surface area (Å²) in [6.45, 7) is 0. The highest BCUT2D eigenvalue weighted by Gasteiger charge is 2.11. The van der Waals surface area contributed by atoms with E-state index in [1.54, 1.807) is 0 Å². The molecule has 2 amide bonds. The Kier molecular flexibility index (Phi) is 2.87. The number of aromatic nitrogens is 2. The lowest BCUT2D eigenvalue weighted by Crippen LogP contribution is -2.19. The molecule has 1 aromatic heterocycles. The summed E-state index contributed by atoms with van der Waals surface area (Å²) in [7, 11) is 0. The minimum atomic E-state index is -0.825. The van der Waals surface area contributed by atoms with E-state index in [-0.39, 0.29) is 17.6 Å². The second kappa shape index (κ2) is 4.49. The Hall–Kier alpha value is -2.97. The Morgan fingerprint density at radius 3 is 2.56 bits per heavy atom. The van der Waals surface area contributed by atoms with Crippen LogP contribution in [0.1, 0.15) is 0 Å². The van der Waals surface area contributed by atoms with E-state index in [0.717, 1.165) is 0 Å². The quantitative estimate of drug-likeness (QED) is 0.617. The van der Waals surface area contributed by atoms with Crippen LogP contribution in [-0.4, -0.2) is 21.2 Å². The molecule has 2 rings (SSSR count). The maximum Gasteiger partial charge on any atom is 0.324 e. The van der Waals surface area contributed by atoms with Gasteiger partial charge < -0.3 is 10.2 Å². The molecule has 18 heavy (non-hydrogen) atoms. The van der Waals surface area contributed by atoms with Crippen molar-refractivity contribution < 1.29 is 14.1 Å². The normalized spacial score (nSPS) is 10.0. The Morgan fingerprint density at radius 2 is 2.00 bits per heavy atom. The third-order valence-corrected chi connectivity index (χ3v) is 1.98. The lowest BCUT2D eigenvalue weighted by molar-refractivity contribution is -0.384. The van der Waals surface area contributed by atoms with Crippen molar-refractivity contribution in [2.75, 3.05) is 5.32 Å². The molecule has 0 fully saturated rings. The maximum absolute atomic E-state index is 10.5. The molecule has 9 heteroatoms. The molecule has 2 aromatic rings. The third kappa shape index (κ3) is 2.40. The van der Waals surface area contributed by atoms with Gasteiger partial charge in [0, 0.05) is 17.7 Å². The topological polar surface area (TPSA) is 137 Å². The summed E-state index contributed by atoms with van der Waals surface area (Å²) in [4.78, 5) is 20.5. The van der Waals surface area contributed by atoms with Gasteiger partial charge in [0.15, 0.2) is 0 Å². The predicted molar refractivity (Wildman–Crippen MR) is 59.6 cm³/mol. The number of amides is 2. The van der Waals surface area contributed by atoms with Crippen LogP contribution in [-0.2, 0) is 0 Å². The Labute approximate surface area is 99.8 Å². The van der Waals surface area contributed by atoms with Crippen LogP contribution in [0.4, 0.5) is 16.5 Å². The van der Waals surface area contributed by atoms with Crippen molar-refractivity contribution in [1.29, 1.82) is 0 Å². The fraction of sp³-hybridized carbons (Fsp3) is 0. The Balaban J connectivity index is 2.23. The summed E-state index contributed by atoms with van der Waals surface area (Å²) < 4.78 is 5.08. The molecule has 1 aromatic carbocycles. The standard InChI is InChI=1S/C9H7N5O4/c10-8(15)11-9-13-12-7(18-9)5-1-3-6(4-2-5)14(16)17/h1-4H,(H3,10,11,13,15). The number of hydrogen-bond acceptors (Lipinski definition) is 6. The molecular weight excluding hydrogens is 242 g/mol. The molecule has 0 radical (unpaired) electrons. The highest BCUT2D eigenvalue weighted by Crippen LogP contribution is 2.22. The van der Waals surface area contributed by atoms with E-state index in [9.17, 15) is 14.9 Å². The number of nitrogens with one attached hydrogen (secondary N) is 1. The second-order valence-electron chi connectivity index (χ2n) is 3.21. The number of hydrogen-bond donors (Lipinski definition) is 2. The van der Waals surface area contributed by atoms with Gasteiger partial charge in [0.05, 0.1) is 4.92 Å². The fourth-order valence-electron chi connectivity index (χ4n) is 1.22. The molecule has 0 saturated heterocycles. The van der Waals surface area contributed by atoms with Crippen LogP contribution in [0.15, 0.2) is 28.7 Å². The molecule has 0 bridgehead atoms. The lowest BCUT2D eigenvalue weighted by atomic mass is 10.2. The van der Waals surface area contributed by atoms with Crippen molar-refractivity contribution >= 4 is 17.7 Å². The summed E-state index contributed by atoms with van der Waals surface area (Å²) in [5, 5.41) is 19.8. The molecule has 0 atom stereocenters. The summed E-state index contributed by atoms with van der Waals surface area (Å²) in [6, 6.07) is 4.56. The Morgan fingerprint density at radius 1 is 1.33 bits per heavy atom. The molecule has 0 aliphatic carbocycles. The lowest BCUT2D eigenvalue weighted by Gasteiger charge is -1.94. The highest BCUT2D eigenvalue weighted by molar-refractivity contribution is 5.85. The van der Waals surface area contributed by atoms with Crippen molar-refractivity contribution in [2.24, 2.45) is 5.73 Å². The highest BCUT2D eigenvalue weighted by atomic mass is 16.6. The average molecular weight is 249 g/mol. The van der Waals surface area contributed by atoms with Gasteiger partial charge in [-0.05, 0) is 12.1 Å². The van der Waals surface area contributed by atoms with Gasteiger partial charge in [-0.2, -0.15) is 0 Å². The first-order chi connectivity index (χ1) is 8.56. The summed E-state index contributed by atoms with van der Waals surface area (Å²) >= 11 is 0. The predicted octanol–water partition coefficient (Wildman–Crippen LogP) is 1.14. The van der Waals surface area contributed by atoms with Gasteiger partial charge >= 0.3 is 12.0 Å². The SMILES string of the molecule is NC(=O)Nc1nnc(-c2ccc([N+](=O)[O-])cc2)o1. The van der Waals surface area contributed by atoms with Gasteiger partial charge in [0.2, 0.25) is 5.89 Å². The van der Waals surface area contributed by atoms with E-state index >= 15 is 0 Å². The largest absolute Gasteiger partial charge is 0.403 e. The number of nitrogens with two attached hydrogens (primary N) is 1. The number of benzene rings is 1. The molecule has 0 aliphatic heterocycles. The number of nitrogens with zero attached hydrogens (tertiary/aromatic N) is 3. The number of rotatable bonds is 3. The van der Waals surface area contributed by atoms with Crippen molar-refractivity contribution in [2.45, 2.75) is 0 Å². The first-order valence-corrected chi connectivity index (χ1v) is 4.71. The molecule has 0 unspecified atom stereocenters. The van der Waals surface area contributed by atoms with Crippen LogP contribution in [0.3, 0.4) is 0 Å². The van der Waals surface area contributed by atoms with E-state index in [1.165, 1.54) is 24.3 Å². The van der Waals surface area contributed by atoms with E-state index in [2.05, 4.69) is 15.5 Å². The summed E-state index contributed by atoms with van der Waals surface area (Å²) in [6.07, 6.45) is 0. The van der Waals surface area contributed by atoms with Crippen LogP contribution < -0.4 is 11.1 Å². The van der Waals surface area contributed by atoms with Crippen molar-refractivity contribution in [3.05, 3.63) is 34.4 Å². The molecule has 0 spiro atoms. The zero-order valence-corrected chi connectivity index (χ0v) is 8.86. The maximum atomic E-state index is 10.5. The molecular formula is C9H7N5O4. The number of carbonyl (C=O) groups excluding carboxylic acids is 1. The zero-order chi connectivity index (χ0) is 13.1. The minimum absolute atomic E-state index is 0.0475. The summed E-state index contributed by atoms with van der Waals surface area (Å²) in [5.41, 5.74) is 5.32. The van der Waals surface area contributed by atoms with E-state index in [1.807, 2.05) is 0 Å². The van der Waals surface area contributed by atoms with E-state index in [4.69, 9.17) is 10.2 Å². The van der Waals surface area contributed by atoms with E-state index in [0.29, 0.717) is 5.56 Å². The zero-order valence-electron chi connectivity index (χ0n) is 8.86. The van der Waals surface area contributed by atoms with Gasteiger partial charge in [-0.15, -0.1) is 5.10 Å². The summed E-state index contributed by atoms with van der Waals surface area (Å²) in [5.74, 6) is 0.119. The number of carbonyl (C=O) groups is 1. The third-order valence-electron chi connectivity index (χ3n) is 1.98. The van der Waals surface area contributed by atoms with Crippen LogP contribution in [0.2, 0.25) is 0 Å². The number of non-ortho nitro benzene ring substituents is 1. The van der Waals surface area contributed by atoms with Crippen molar-refractivity contribution in [1.82, 2.24) is 10.2 Å². The van der Waals surface area contributed by atoms with Crippen molar-refractivity contribution in [3.8, 4) is 11.5 Å². The molecule has 0 aliphatic rings. The van der Waals surface area contributed by atoms with Gasteiger partial charge in [-0.1, -0.05) is 5.10 Å². The second-order valence-corrected chi connectivity index (χ2v) is 3.21. The van der Waals surface area contributed by atoms with Gasteiger partial charge in [-0.25, -0.2) is 4.79 Å². The molecule has 92 valence electrons. The van der Waals surface area contributed by atoms with Gasteiger partial charge in [0.1, 0.15) is 0 Å². The minimum Gasteiger partial charge on any atom is -0.403 e. The van der Waals surface area contributed by atoms with E-state index < -0.39 is 11.0 Å². The molecule has 0 saturated carbocycles. The number of urea groups is 1. The number of anilines is 1. The first kappa shape index (κ1) is 11.5. The van der Waals surface area contributed by atoms with Crippen LogP contribution in [0, 0.1) is 10.1 Å². The molecule has 9 nitrogen and oxygen atoms in total. The van der Waals surface area contributed by atoms with Crippen LogP contribution >= 0.6 is 0 Å². The van der Waals surface area contributed by atoms with Gasteiger partial charge in [-0.3, -0.25) is 15.4 Å². The number of nitro groups is 1. The van der Waals surface area contributed by atoms with Crippen LogP contribution in [0.25, 0.3) is 11.5 Å². The van der Waals surface area contributed by atoms with Crippen LogP contribution in [0.5, 0.6) is 0 Å². The number of nitro benzene ring substituents is 1. The first-order valence-electron chi connectivity index (χ1n) is 4.71.